The van der Waals surface area contributed by atoms with Gasteiger partial charge in [-0.3, -0.25) is 15.0 Å². The standard InChI is InChI=1S/C21H20N6O4/c1-3-11-31-26-20(22)25-21-23-18(14-7-9-17(30-2)10-8-14)13-19(24-21)15-5-4-6-16(12-15)27(28)29/h3-10,12-13H,1,11H2,2H3,(H3,22,23,24,25,26). The zero-order chi connectivity index (χ0) is 22.2. The summed E-state index contributed by atoms with van der Waals surface area (Å²) in [5, 5.41) is 11.2. The number of rotatable bonds is 8. The van der Waals surface area contributed by atoms with E-state index >= 15 is 0 Å². The Morgan fingerprint density at radius 1 is 1.19 bits per heavy atom. The van der Waals surface area contributed by atoms with Crippen LogP contribution in [0.5, 0.6) is 5.75 Å². The number of aromatic nitrogens is 2. The molecule has 10 nitrogen and oxygen atoms in total. The number of methoxy groups -OCH3 is 1. The number of nitro benzene ring substituents is 1. The molecule has 31 heavy (non-hydrogen) atoms. The molecule has 158 valence electrons. The first kappa shape index (κ1) is 21.4. The van der Waals surface area contributed by atoms with Crippen molar-refractivity contribution in [1.82, 2.24) is 15.4 Å². The van der Waals surface area contributed by atoms with Crippen LogP contribution in [0.2, 0.25) is 0 Å². The van der Waals surface area contributed by atoms with Crippen LogP contribution in [0.3, 0.4) is 0 Å². The van der Waals surface area contributed by atoms with Crippen molar-refractivity contribution in [2.45, 2.75) is 0 Å². The van der Waals surface area contributed by atoms with Gasteiger partial charge in [0.15, 0.2) is 0 Å². The molecule has 0 aliphatic rings. The zero-order valence-corrected chi connectivity index (χ0v) is 16.7. The molecule has 3 rings (SSSR count). The highest BCUT2D eigenvalue weighted by Crippen LogP contribution is 2.29. The molecular formula is C21H20N6O4. The normalized spacial score (nSPS) is 11.1. The van der Waals surface area contributed by atoms with Crippen LogP contribution in [0.4, 0.5) is 11.6 Å². The molecule has 0 atom stereocenters. The molecule has 0 aliphatic heterocycles. The van der Waals surface area contributed by atoms with Crippen molar-refractivity contribution in [3.8, 4) is 28.3 Å². The molecule has 0 bridgehead atoms. The molecule has 10 heteroatoms. The summed E-state index contributed by atoms with van der Waals surface area (Å²) in [6.07, 6.45) is 1.54. The third-order valence-corrected chi connectivity index (χ3v) is 4.05. The van der Waals surface area contributed by atoms with Gasteiger partial charge < -0.3 is 10.5 Å². The summed E-state index contributed by atoms with van der Waals surface area (Å²) >= 11 is 0. The Balaban J connectivity index is 2.06. The number of guanidine groups is 1. The first-order chi connectivity index (χ1) is 15.0. The summed E-state index contributed by atoms with van der Waals surface area (Å²) in [6.45, 7) is 3.76. The average Bonchev–Trinajstić information content (AvgIpc) is 2.79. The number of hydrogen-bond donors (Lipinski definition) is 2. The molecule has 3 N–H and O–H groups in total. The average molecular weight is 420 g/mol. The predicted octanol–water partition coefficient (Wildman–Crippen LogP) is 3.38. The maximum Gasteiger partial charge on any atom is 0.270 e. The lowest BCUT2D eigenvalue weighted by atomic mass is 10.1. The minimum Gasteiger partial charge on any atom is -0.497 e. The lowest BCUT2D eigenvalue weighted by Gasteiger charge is -2.08. The first-order valence-corrected chi connectivity index (χ1v) is 9.11. The van der Waals surface area contributed by atoms with Gasteiger partial charge in [-0.1, -0.05) is 18.2 Å². The Hall–Kier alpha value is -4.31. The quantitative estimate of drug-likeness (QED) is 0.141. The van der Waals surface area contributed by atoms with Crippen molar-refractivity contribution in [2.75, 3.05) is 13.7 Å². The van der Waals surface area contributed by atoms with Gasteiger partial charge in [-0.2, -0.15) is 4.99 Å². The zero-order valence-electron chi connectivity index (χ0n) is 16.7. The van der Waals surface area contributed by atoms with Crippen LogP contribution >= 0.6 is 0 Å². The van der Waals surface area contributed by atoms with Crippen molar-refractivity contribution in [3.63, 3.8) is 0 Å². The Kier molecular flexibility index (Phi) is 6.86. The maximum atomic E-state index is 11.2. The van der Waals surface area contributed by atoms with Gasteiger partial charge in [0, 0.05) is 23.3 Å². The fourth-order valence-corrected chi connectivity index (χ4v) is 2.63. The molecule has 0 aliphatic carbocycles. The van der Waals surface area contributed by atoms with E-state index in [1.165, 1.54) is 12.1 Å². The van der Waals surface area contributed by atoms with Crippen molar-refractivity contribution in [1.29, 1.82) is 0 Å². The monoisotopic (exact) mass is 420 g/mol. The lowest BCUT2D eigenvalue weighted by Crippen LogP contribution is -2.31. The Labute approximate surface area is 178 Å². The van der Waals surface area contributed by atoms with E-state index < -0.39 is 4.92 Å². The van der Waals surface area contributed by atoms with Crippen LogP contribution < -0.4 is 16.0 Å². The van der Waals surface area contributed by atoms with Crippen LogP contribution in [0.1, 0.15) is 0 Å². The van der Waals surface area contributed by atoms with E-state index in [1.807, 2.05) is 12.1 Å². The maximum absolute atomic E-state index is 11.2. The molecular weight excluding hydrogens is 400 g/mol. The van der Waals surface area contributed by atoms with Crippen molar-refractivity contribution in [3.05, 3.63) is 77.4 Å². The Bertz CT molecular complexity index is 1120. The first-order valence-electron chi connectivity index (χ1n) is 9.11. The number of nitrogens with zero attached hydrogens (tertiary/aromatic N) is 4. The lowest BCUT2D eigenvalue weighted by molar-refractivity contribution is -0.384. The van der Waals surface area contributed by atoms with E-state index in [4.69, 9.17) is 15.3 Å². The fraction of sp³-hybridized carbons (Fsp3) is 0.0952. The second-order valence-corrected chi connectivity index (χ2v) is 6.17. The topological polar surface area (TPSA) is 138 Å². The van der Waals surface area contributed by atoms with E-state index in [9.17, 15) is 10.1 Å². The molecule has 0 spiro atoms. The van der Waals surface area contributed by atoms with Crippen LogP contribution in [-0.2, 0) is 4.84 Å². The van der Waals surface area contributed by atoms with Crippen LogP contribution in [0, 0.1) is 10.1 Å². The fourth-order valence-electron chi connectivity index (χ4n) is 2.63. The van der Waals surface area contributed by atoms with E-state index in [0.29, 0.717) is 22.7 Å². The smallest absolute Gasteiger partial charge is 0.270 e. The van der Waals surface area contributed by atoms with Crippen molar-refractivity contribution < 1.29 is 14.5 Å². The number of benzene rings is 2. The Morgan fingerprint density at radius 2 is 1.90 bits per heavy atom. The van der Waals surface area contributed by atoms with E-state index in [0.717, 1.165) is 5.56 Å². The minimum atomic E-state index is -0.465. The van der Waals surface area contributed by atoms with E-state index in [1.54, 1.807) is 43.5 Å². The highest BCUT2D eigenvalue weighted by molar-refractivity contribution is 5.79. The van der Waals surface area contributed by atoms with Gasteiger partial charge in [0.25, 0.3) is 11.6 Å². The number of non-ortho nitro benzene ring substituents is 1. The summed E-state index contributed by atoms with van der Waals surface area (Å²) in [5.74, 6) is 0.698. The predicted molar refractivity (Wildman–Crippen MR) is 117 cm³/mol. The molecule has 1 aromatic heterocycles. The summed E-state index contributed by atoms with van der Waals surface area (Å²) in [7, 11) is 1.58. The second-order valence-electron chi connectivity index (χ2n) is 6.17. The molecule has 0 fully saturated rings. The van der Waals surface area contributed by atoms with E-state index in [-0.39, 0.29) is 24.2 Å². The molecule has 2 aromatic carbocycles. The summed E-state index contributed by atoms with van der Waals surface area (Å²) in [6, 6.07) is 15.1. The summed E-state index contributed by atoms with van der Waals surface area (Å²) in [4.78, 5) is 28.7. The van der Waals surface area contributed by atoms with Gasteiger partial charge in [-0.15, -0.1) is 6.58 Å². The number of hydroxylamine groups is 1. The highest BCUT2D eigenvalue weighted by Gasteiger charge is 2.12. The molecule has 0 saturated heterocycles. The molecule has 0 saturated carbocycles. The third-order valence-electron chi connectivity index (χ3n) is 4.05. The van der Waals surface area contributed by atoms with E-state index in [2.05, 4.69) is 27.0 Å². The van der Waals surface area contributed by atoms with Crippen molar-refractivity contribution in [2.24, 2.45) is 10.7 Å². The van der Waals surface area contributed by atoms with Gasteiger partial charge in [-0.25, -0.2) is 15.4 Å². The molecule has 1 heterocycles. The number of aliphatic imine (C=N–C) groups is 1. The summed E-state index contributed by atoms with van der Waals surface area (Å²) in [5.41, 5.74) is 10.5. The van der Waals surface area contributed by atoms with Gasteiger partial charge in [0.05, 0.1) is 30.0 Å². The molecule has 0 amide bonds. The van der Waals surface area contributed by atoms with Gasteiger partial charge in [0.2, 0.25) is 5.96 Å². The van der Waals surface area contributed by atoms with Gasteiger partial charge in [0.1, 0.15) is 5.75 Å². The number of nitrogens with two attached hydrogens (primary N) is 1. The van der Waals surface area contributed by atoms with Crippen LogP contribution in [0.25, 0.3) is 22.5 Å². The summed E-state index contributed by atoms with van der Waals surface area (Å²) < 4.78 is 5.19. The largest absolute Gasteiger partial charge is 0.497 e. The highest BCUT2D eigenvalue weighted by atomic mass is 16.6. The minimum absolute atomic E-state index is 0.0498. The van der Waals surface area contributed by atoms with Gasteiger partial charge >= 0.3 is 0 Å². The number of hydrogen-bond acceptors (Lipinski definition) is 7. The number of nitrogens with one attached hydrogen (secondary N) is 1. The van der Waals surface area contributed by atoms with Crippen molar-refractivity contribution >= 4 is 17.6 Å². The number of ether oxygens (including phenoxy) is 1. The number of nitro groups is 1. The second kappa shape index (κ2) is 9.94. The van der Waals surface area contributed by atoms with Gasteiger partial charge in [-0.05, 0) is 30.3 Å². The molecule has 0 radical (unpaired) electrons. The molecule has 0 unspecified atom stereocenters. The Morgan fingerprint density at radius 3 is 2.55 bits per heavy atom. The van der Waals surface area contributed by atoms with Crippen LogP contribution in [-0.4, -0.2) is 34.6 Å². The van der Waals surface area contributed by atoms with Crippen LogP contribution in [0.15, 0.2) is 72.2 Å². The third kappa shape index (κ3) is 5.61. The SMILES string of the molecule is C=CCONC(N)=Nc1nc(-c2ccc(OC)cc2)cc(-c2cccc([N+](=O)[O-])c2)n1. The molecule has 3 aromatic rings.